The Bertz CT molecular complexity index is 1160. The SMILES string of the molecule is O=Cc1cccc(C(=O)[O-])c1O.O=Cc1cccc(C(=O)[O-])c1O.O=Cc1cccc(C(=O)[O-])c1O.[Al+3]. The molecule has 3 aromatic carbocycles. The third-order valence-corrected chi connectivity index (χ3v) is 4.24. The molecule has 186 valence electrons. The second-order valence-electron chi connectivity index (χ2n) is 6.45. The number of hydrogen-bond donors (Lipinski definition) is 3. The van der Waals surface area contributed by atoms with Crippen molar-refractivity contribution in [1.82, 2.24) is 0 Å². The van der Waals surface area contributed by atoms with Gasteiger partial charge >= 0.3 is 17.4 Å². The van der Waals surface area contributed by atoms with Gasteiger partial charge in [-0.25, -0.2) is 0 Å². The summed E-state index contributed by atoms with van der Waals surface area (Å²) < 4.78 is 0. The Morgan fingerprint density at radius 1 is 0.514 bits per heavy atom. The molecule has 12 nitrogen and oxygen atoms in total. The summed E-state index contributed by atoms with van der Waals surface area (Å²) >= 11 is 0. The van der Waals surface area contributed by atoms with Crippen molar-refractivity contribution in [3.8, 4) is 17.2 Å². The van der Waals surface area contributed by atoms with Gasteiger partial charge in [0.15, 0.2) is 18.9 Å². The molecule has 0 saturated carbocycles. The number of rotatable bonds is 6. The maximum atomic E-state index is 10.3. The van der Waals surface area contributed by atoms with Gasteiger partial charge in [-0.05, 0) is 36.4 Å². The molecule has 0 heterocycles. The Balaban J connectivity index is 0.000000518. The number of aldehydes is 3. The molecule has 3 aromatic rings. The van der Waals surface area contributed by atoms with Gasteiger partial charge in [0.1, 0.15) is 17.2 Å². The van der Waals surface area contributed by atoms with Gasteiger partial charge in [0, 0.05) is 16.7 Å². The second-order valence-corrected chi connectivity index (χ2v) is 6.45. The van der Waals surface area contributed by atoms with Crippen LogP contribution in [-0.4, -0.2) is 69.4 Å². The number of carbonyl (C=O) groups excluding carboxylic acids is 6. The number of carbonyl (C=O) groups is 6. The molecule has 0 aliphatic carbocycles. The molecule has 0 saturated heterocycles. The molecule has 3 N–H and O–H groups in total. The Morgan fingerprint density at radius 2 is 0.730 bits per heavy atom. The summed E-state index contributed by atoms with van der Waals surface area (Å²) in [5.74, 6) is -6.16. The average Bonchev–Trinajstić information content (AvgIpc) is 2.84. The summed E-state index contributed by atoms with van der Waals surface area (Å²) in [6.45, 7) is 0. The quantitative estimate of drug-likeness (QED) is 0.243. The van der Waals surface area contributed by atoms with E-state index in [1.807, 2.05) is 0 Å². The monoisotopic (exact) mass is 522 g/mol. The third kappa shape index (κ3) is 8.63. The van der Waals surface area contributed by atoms with E-state index in [2.05, 4.69) is 0 Å². The fourth-order valence-electron chi connectivity index (χ4n) is 2.46. The van der Waals surface area contributed by atoms with E-state index in [0.717, 1.165) is 18.2 Å². The van der Waals surface area contributed by atoms with E-state index in [1.54, 1.807) is 0 Å². The third-order valence-electron chi connectivity index (χ3n) is 4.24. The second kappa shape index (κ2) is 15.1. The van der Waals surface area contributed by atoms with Crippen molar-refractivity contribution in [2.24, 2.45) is 0 Å². The van der Waals surface area contributed by atoms with Crippen LogP contribution in [-0.2, 0) is 0 Å². The van der Waals surface area contributed by atoms with E-state index in [1.165, 1.54) is 36.4 Å². The normalized spacial score (nSPS) is 9.08. The zero-order chi connectivity index (χ0) is 27.4. The topological polar surface area (TPSA) is 232 Å². The molecule has 0 aliphatic rings. The molecule has 0 fully saturated rings. The minimum absolute atomic E-state index is 0. The number of carboxylic acids is 3. The largest absolute Gasteiger partial charge is 3.00 e. The number of benzene rings is 3. The Kier molecular flexibility index (Phi) is 13.1. The zero-order valence-electron chi connectivity index (χ0n) is 18.5. The first kappa shape index (κ1) is 32.0. The van der Waals surface area contributed by atoms with Gasteiger partial charge in [0.05, 0.1) is 34.6 Å². The minimum atomic E-state index is -1.50. The van der Waals surface area contributed by atoms with Crippen molar-refractivity contribution in [2.75, 3.05) is 0 Å². The smallest absolute Gasteiger partial charge is 0.545 e. The molecule has 0 unspecified atom stereocenters. The fraction of sp³-hybridized carbons (Fsp3) is 0. The molecule has 3 rings (SSSR count). The molecule has 0 aliphatic heterocycles. The van der Waals surface area contributed by atoms with Crippen LogP contribution in [0.3, 0.4) is 0 Å². The van der Waals surface area contributed by atoms with Crippen LogP contribution in [0, 0.1) is 0 Å². The van der Waals surface area contributed by atoms with E-state index in [9.17, 15) is 44.1 Å². The van der Waals surface area contributed by atoms with Gasteiger partial charge in [-0.2, -0.15) is 0 Å². The van der Waals surface area contributed by atoms with E-state index >= 15 is 0 Å². The van der Waals surface area contributed by atoms with Crippen LogP contribution in [0.5, 0.6) is 17.2 Å². The number of hydrogen-bond acceptors (Lipinski definition) is 12. The van der Waals surface area contributed by atoms with Crippen molar-refractivity contribution in [3.05, 3.63) is 88.0 Å². The Morgan fingerprint density at radius 3 is 0.892 bits per heavy atom. The molecule has 37 heavy (non-hydrogen) atoms. The molecule has 0 amide bonds. The van der Waals surface area contributed by atoms with Crippen LogP contribution in [0.15, 0.2) is 54.6 Å². The molecule has 0 atom stereocenters. The van der Waals surface area contributed by atoms with Crippen molar-refractivity contribution in [1.29, 1.82) is 0 Å². The molecule has 0 bridgehead atoms. The van der Waals surface area contributed by atoms with Crippen LogP contribution in [0.1, 0.15) is 62.1 Å². The van der Waals surface area contributed by atoms with Gasteiger partial charge in [-0.15, -0.1) is 0 Å². The number of para-hydroxylation sites is 3. The van der Waals surface area contributed by atoms with Gasteiger partial charge in [-0.3, -0.25) is 14.4 Å². The van der Waals surface area contributed by atoms with Crippen molar-refractivity contribution in [2.45, 2.75) is 0 Å². The van der Waals surface area contributed by atoms with Gasteiger partial charge in [0.25, 0.3) is 0 Å². The standard InChI is InChI=1S/3C8H6O4.Al/c3*9-4-5-2-1-3-6(7(5)10)8(11)12;/h3*1-4,10H,(H,11,12);/q;;;+3/p-3. The summed E-state index contributed by atoms with van der Waals surface area (Å²) in [7, 11) is 0. The number of phenols is 3. The summed E-state index contributed by atoms with van der Waals surface area (Å²) in [5.41, 5.74) is -1.30. The molecule has 0 spiro atoms. The number of carboxylic acid groups (broad SMARTS) is 3. The van der Waals surface area contributed by atoms with Crippen LogP contribution >= 0.6 is 0 Å². The Labute approximate surface area is 218 Å². The van der Waals surface area contributed by atoms with Crippen LogP contribution in [0.2, 0.25) is 0 Å². The Hall–Kier alpha value is -4.99. The van der Waals surface area contributed by atoms with Gasteiger partial charge in [0.2, 0.25) is 0 Å². The molecular formula is C24H15AlO12. The predicted octanol–water partition coefficient (Wildman–Crippen LogP) is -1.68. The first-order chi connectivity index (χ1) is 17.0. The summed E-state index contributed by atoms with van der Waals surface area (Å²) in [5, 5.41) is 58.2. The molecule has 13 heteroatoms. The maximum Gasteiger partial charge on any atom is 3.00 e. The number of aromatic hydroxyl groups is 3. The summed E-state index contributed by atoms with van der Waals surface area (Å²) in [6.07, 6.45) is 1.13. The maximum absolute atomic E-state index is 10.3. The first-order valence-corrected chi connectivity index (χ1v) is 9.45. The van der Waals surface area contributed by atoms with E-state index in [-0.39, 0.29) is 50.7 Å². The van der Waals surface area contributed by atoms with E-state index in [4.69, 9.17) is 15.3 Å². The van der Waals surface area contributed by atoms with Crippen molar-refractivity contribution < 1.29 is 59.4 Å². The van der Waals surface area contributed by atoms with Gasteiger partial charge in [-0.1, -0.05) is 18.2 Å². The number of aromatic carboxylic acids is 3. The molecule has 0 radical (unpaired) electrons. The van der Waals surface area contributed by atoms with Crippen molar-refractivity contribution >= 4 is 54.1 Å². The minimum Gasteiger partial charge on any atom is -0.545 e. The van der Waals surface area contributed by atoms with Crippen molar-refractivity contribution in [3.63, 3.8) is 0 Å². The predicted molar refractivity (Wildman–Crippen MR) is 119 cm³/mol. The van der Waals surface area contributed by atoms with Gasteiger partial charge < -0.3 is 45.0 Å². The fourth-order valence-corrected chi connectivity index (χ4v) is 2.46. The average molecular weight is 522 g/mol. The summed E-state index contributed by atoms with van der Waals surface area (Å²) in [4.78, 5) is 61.6. The van der Waals surface area contributed by atoms with E-state index in [0.29, 0.717) is 18.9 Å². The van der Waals surface area contributed by atoms with Crippen LogP contribution in [0.4, 0.5) is 0 Å². The van der Waals surface area contributed by atoms with Crippen LogP contribution < -0.4 is 15.3 Å². The summed E-state index contributed by atoms with van der Waals surface area (Å²) in [6, 6.07) is 11.5. The zero-order valence-corrected chi connectivity index (χ0v) is 19.7. The van der Waals surface area contributed by atoms with E-state index < -0.39 is 35.2 Å². The molecule has 0 aromatic heterocycles. The van der Waals surface area contributed by atoms with Crippen LogP contribution in [0.25, 0.3) is 0 Å². The first-order valence-electron chi connectivity index (χ1n) is 9.45. The molecular weight excluding hydrogens is 507 g/mol.